The van der Waals surface area contributed by atoms with E-state index in [0.717, 1.165) is 28.9 Å². The van der Waals surface area contributed by atoms with Crippen molar-refractivity contribution in [2.24, 2.45) is 0 Å². The number of aromatic nitrogens is 1. The van der Waals surface area contributed by atoms with E-state index in [0.29, 0.717) is 27.4 Å². The molecule has 33 heavy (non-hydrogen) atoms. The van der Waals surface area contributed by atoms with Gasteiger partial charge in [-0.1, -0.05) is 41.9 Å². The second kappa shape index (κ2) is 9.38. The third kappa shape index (κ3) is 4.95. The number of nitrogens with one attached hydrogen (secondary N) is 1. The molecule has 1 N–H and O–H groups in total. The predicted molar refractivity (Wildman–Crippen MR) is 136 cm³/mol. The summed E-state index contributed by atoms with van der Waals surface area (Å²) in [6.07, 6.45) is 1.69. The molecule has 0 radical (unpaired) electrons. The summed E-state index contributed by atoms with van der Waals surface area (Å²) in [5.41, 5.74) is 6.07. The number of rotatable bonds is 6. The van der Waals surface area contributed by atoms with Crippen LogP contribution in [0, 0.1) is 13.8 Å². The molecule has 0 aliphatic rings. The highest BCUT2D eigenvalue weighted by molar-refractivity contribution is 6.29. The number of hydrogen-bond acceptors (Lipinski definition) is 5. The molecule has 0 aliphatic heterocycles. The maximum atomic E-state index is 13.3. The number of benzene rings is 2. The third-order valence-electron chi connectivity index (χ3n) is 5.68. The lowest BCUT2D eigenvalue weighted by Gasteiger charge is -2.19. The lowest BCUT2D eigenvalue weighted by atomic mass is 9.98. The molecule has 6 heteroatoms. The summed E-state index contributed by atoms with van der Waals surface area (Å²) in [6, 6.07) is 15.7. The molecular formula is C27H28ClN3O2. The lowest BCUT2D eigenvalue weighted by Crippen LogP contribution is -2.12. The first-order chi connectivity index (χ1) is 15.7. The van der Waals surface area contributed by atoms with E-state index in [9.17, 15) is 4.79 Å². The van der Waals surface area contributed by atoms with Gasteiger partial charge >= 0.3 is 0 Å². The minimum Gasteiger partial charge on any atom is -0.455 e. The Morgan fingerprint density at radius 2 is 1.82 bits per heavy atom. The number of fused-ring (bicyclic) bond motifs is 1. The van der Waals surface area contributed by atoms with E-state index in [4.69, 9.17) is 16.0 Å². The van der Waals surface area contributed by atoms with Gasteiger partial charge in [0.25, 0.3) is 0 Å². The fraction of sp³-hybridized carbons (Fsp3) is 0.259. The number of halogens is 1. The first-order valence-corrected chi connectivity index (χ1v) is 11.3. The van der Waals surface area contributed by atoms with Gasteiger partial charge in [0.1, 0.15) is 16.5 Å². The van der Waals surface area contributed by atoms with E-state index in [1.165, 1.54) is 5.56 Å². The fourth-order valence-electron chi connectivity index (χ4n) is 4.08. The minimum atomic E-state index is -0.114. The van der Waals surface area contributed by atoms with E-state index in [2.05, 4.69) is 33.4 Å². The van der Waals surface area contributed by atoms with Crippen molar-refractivity contribution in [1.82, 2.24) is 9.88 Å². The van der Waals surface area contributed by atoms with Crippen molar-refractivity contribution in [2.75, 3.05) is 19.4 Å². The van der Waals surface area contributed by atoms with Crippen LogP contribution in [0.4, 0.5) is 5.69 Å². The molecule has 0 fully saturated rings. The first-order valence-electron chi connectivity index (χ1n) is 10.9. The molecule has 4 aromatic rings. The van der Waals surface area contributed by atoms with Crippen LogP contribution in [-0.2, 0) is 6.54 Å². The zero-order valence-electron chi connectivity index (χ0n) is 19.6. The van der Waals surface area contributed by atoms with Crippen molar-refractivity contribution in [1.29, 1.82) is 0 Å². The van der Waals surface area contributed by atoms with Gasteiger partial charge in [-0.15, -0.1) is 0 Å². The molecule has 2 aromatic heterocycles. The van der Waals surface area contributed by atoms with Crippen LogP contribution >= 0.6 is 11.6 Å². The molecule has 0 amide bonds. The Kier molecular flexibility index (Phi) is 6.54. The summed E-state index contributed by atoms with van der Waals surface area (Å²) < 4.78 is 6.46. The summed E-state index contributed by atoms with van der Waals surface area (Å²) in [5, 5.41) is 4.47. The molecule has 0 aliphatic carbocycles. The van der Waals surface area contributed by atoms with Crippen LogP contribution in [-0.4, -0.2) is 24.0 Å². The van der Waals surface area contributed by atoms with Crippen LogP contribution in [0.1, 0.15) is 35.2 Å². The molecule has 2 heterocycles. The summed E-state index contributed by atoms with van der Waals surface area (Å²) in [5.74, 6) is 0.606. The van der Waals surface area contributed by atoms with Crippen LogP contribution in [0.2, 0.25) is 5.15 Å². The summed E-state index contributed by atoms with van der Waals surface area (Å²) >= 11 is 5.92. The molecule has 0 bridgehead atoms. The maximum absolute atomic E-state index is 13.3. The molecule has 0 spiro atoms. The van der Waals surface area contributed by atoms with E-state index in [-0.39, 0.29) is 11.5 Å². The van der Waals surface area contributed by atoms with Gasteiger partial charge in [0, 0.05) is 23.2 Å². The average molecular weight is 462 g/mol. The first kappa shape index (κ1) is 23.0. The number of pyridine rings is 1. The standard InChI is InChI=1S/C27H28ClN3O2/c1-16-12-22(18(3)30-21-10-11-24(28)29-14-21)27-23(13-16)25(32)17(2)26(33-27)20-8-6-19(7-9-20)15-31(4)5/h6-14,18,30H,15H2,1-5H3. The van der Waals surface area contributed by atoms with Gasteiger partial charge in [-0.2, -0.15) is 0 Å². The highest BCUT2D eigenvalue weighted by Gasteiger charge is 2.19. The summed E-state index contributed by atoms with van der Waals surface area (Å²) in [7, 11) is 4.08. The van der Waals surface area contributed by atoms with Crippen LogP contribution in [0.3, 0.4) is 0 Å². The van der Waals surface area contributed by atoms with Gasteiger partial charge in [-0.25, -0.2) is 4.98 Å². The molecule has 5 nitrogen and oxygen atoms in total. The minimum absolute atomic E-state index is 0.00562. The van der Waals surface area contributed by atoms with E-state index in [1.807, 2.05) is 59.1 Å². The summed E-state index contributed by atoms with van der Waals surface area (Å²) in [6.45, 7) is 6.72. The highest BCUT2D eigenvalue weighted by Crippen LogP contribution is 2.32. The molecule has 1 unspecified atom stereocenters. The average Bonchev–Trinajstić information content (AvgIpc) is 2.78. The Morgan fingerprint density at radius 1 is 1.09 bits per heavy atom. The van der Waals surface area contributed by atoms with Crippen molar-refractivity contribution >= 4 is 28.3 Å². The Bertz CT molecular complexity index is 1340. The predicted octanol–water partition coefficient (Wildman–Crippen LogP) is 6.36. The molecule has 0 saturated heterocycles. The van der Waals surface area contributed by atoms with Crippen molar-refractivity contribution in [3.8, 4) is 11.3 Å². The van der Waals surface area contributed by atoms with E-state index in [1.54, 1.807) is 12.3 Å². The Labute approximate surface area is 199 Å². The zero-order valence-corrected chi connectivity index (χ0v) is 20.3. The number of nitrogens with zero attached hydrogens (tertiary/aromatic N) is 2. The van der Waals surface area contributed by atoms with Crippen molar-refractivity contribution in [2.45, 2.75) is 33.4 Å². The van der Waals surface area contributed by atoms with Gasteiger partial charge in [-0.05, 0) is 64.2 Å². The number of hydrogen-bond donors (Lipinski definition) is 1. The monoisotopic (exact) mass is 461 g/mol. The van der Waals surface area contributed by atoms with E-state index >= 15 is 0 Å². The molecule has 1 atom stereocenters. The van der Waals surface area contributed by atoms with Crippen molar-refractivity contribution in [3.63, 3.8) is 0 Å². The van der Waals surface area contributed by atoms with Crippen LogP contribution in [0.25, 0.3) is 22.3 Å². The number of aryl methyl sites for hydroxylation is 1. The SMILES string of the molecule is Cc1cc(C(C)Nc2ccc(Cl)nc2)c2oc(-c3ccc(CN(C)C)cc3)c(C)c(=O)c2c1. The highest BCUT2D eigenvalue weighted by atomic mass is 35.5. The van der Waals surface area contributed by atoms with Gasteiger partial charge in [-0.3, -0.25) is 4.79 Å². The molecule has 170 valence electrons. The van der Waals surface area contributed by atoms with Crippen molar-refractivity contribution < 1.29 is 4.42 Å². The lowest BCUT2D eigenvalue weighted by molar-refractivity contribution is 0.402. The molecule has 4 rings (SSSR count). The Hall–Kier alpha value is -3.15. The molecule has 0 saturated carbocycles. The van der Waals surface area contributed by atoms with Gasteiger partial charge in [0.05, 0.1) is 23.3 Å². The topological polar surface area (TPSA) is 58.4 Å². The van der Waals surface area contributed by atoms with Crippen LogP contribution < -0.4 is 10.7 Å². The molecular weight excluding hydrogens is 434 g/mol. The number of anilines is 1. The third-order valence-corrected chi connectivity index (χ3v) is 5.91. The van der Waals surface area contributed by atoms with Gasteiger partial charge < -0.3 is 14.6 Å². The van der Waals surface area contributed by atoms with Gasteiger partial charge in [0.15, 0.2) is 5.43 Å². The van der Waals surface area contributed by atoms with Gasteiger partial charge in [0.2, 0.25) is 0 Å². The summed E-state index contributed by atoms with van der Waals surface area (Å²) in [4.78, 5) is 19.6. The normalized spacial score (nSPS) is 12.3. The molecule has 2 aromatic carbocycles. The maximum Gasteiger partial charge on any atom is 0.196 e. The fourth-order valence-corrected chi connectivity index (χ4v) is 4.19. The second-order valence-corrected chi connectivity index (χ2v) is 9.17. The van der Waals surface area contributed by atoms with Crippen LogP contribution in [0.15, 0.2) is 63.9 Å². The van der Waals surface area contributed by atoms with Crippen LogP contribution in [0.5, 0.6) is 0 Å². The van der Waals surface area contributed by atoms with E-state index < -0.39 is 0 Å². The smallest absolute Gasteiger partial charge is 0.196 e. The Balaban J connectivity index is 1.81. The second-order valence-electron chi connectivity index (χ2n) is 8.79. The van der Waals surface area contributed by atoms with Crippen molar-refractivity contribution in [3.05, 3.63) is 92.4 Å². The largest absolute Gasteiger partial charge is 0.455 e. The quantitative estimate of drug-likeness (QED) is 0.338. The zero-order chi connectivity index (χ0) is 23.7. The Morgan fingerprint density at radius 3 is 2.45 bits per heavy atom.